The van der Waals surface area contributed by atoms with Gasteiger partial charge >= 0.3 is 5.69 Å². The van der Waals surface area contributed by atoms with Crippen molar-refractivity contribution in [2.45, 2.75) is 0 Å². The zero-order valence-corrected chi connectivity index (χ0v) is 9.78. The Morgan fingerprint density at radius 3 is 2.58 bits per heavy atom. The molecular weight excluding hydrogens is 254 g/mol. The van der Waals surface area contributed by atoms with E-state index in [0.717, 1.165) is 0 Å². The number of nitro benzene ring substituents is 1. The number of furan rings is 1. The van der Waals surface area contributed by atoms with Crippen LogP contribution in [0.25, 0.3) is 11.3 Å². The van der Waals surface area contributed by atoms with Gasteiger partial charge in [-0.2, -0.15) is 0 Å². The molecule has 0 saturated heterocycles. The maximum Gasteiger partial charge on any atom is 0.311 e. The number of hydrogen-bond acceptors (Lipinski definition) is 6. The monoisotopic (exact) mass is 262 g/mol. The lowest BCUT2D eigenvalue weighted by Gasteiger charge is -2.03. The van der Waals surface area contributed by atoms with Crippen molar-refractivity contribution in [1.82, 2.24) is 0 Å². The molecule has 19 heavy (non-hydrogen) atoms. The summed E-state index contributed by atoms with van der Waals surface area (Å²) in [6.45, 7) is 0. The number of carbonyl (C=O) groups excluding carboxylic acids is 1. The van der Waals surface area contributed by atoms with Crippen molar-refractivity contribution in [3.63, 3.8) is 0 Å². The molecule has 1 aromatic heterocycles. The second-order valence-electron chi connectivity index (χ2n) is 3.60. The molecule has 0 aliphatic carbocycles. The number of aromatic carboxylic acids is 1. The molecule has 0 spiro atoms. The minimum Gasteiger partial charge on any atom is -0.542 e. The molecule has 0 aliphatic rings. The van der Waals surface area contributed by atoms with Crippen LogP contribution >= 0.6 is 0 Å². The van der Waals surface area contributed by atoms with Crippen molar-refractivity contribution < 1.29 is 24.0 Å². The Balaban J connectivity index is 2.47. The number of methoxy groups -OCH3 is 1. The first-order valence-corrected chi connectivity index (χ1v) is 5.17. The maximum atomic E-state index is 10.9. The number of nitro groups is 1. The first kappa shape index (κ1) is 12.6. The third kappa shape index (κ3) is 2.39. The van der Waals surface area contributed by atoms with E-state index in [4.69, 9.17) is 9.15 Å². The van der Waals surface area contributed by atoms with Gasteiger partial charge in [-0.15, -0.1) is 0 Å². The van der Waals surface area contributed by atoms with Crippen molar-refractivity contribution in [3.8, 4) is 17.1 Å². The first-order valence-electron chi connectivity index (χ1n) is 5.17. The molecule has 0 saturated carbocycles. The molecule has 1 heterocycles. The maximum absolute atomic E-state index is 10.9. The molecule has 0 atom stereocenters. The van der Waals surface area contributed by atoms with Gasteiger partial charge in [-0.3, -0.25) is 10.1 Å². The summed E-state index contributed by atoms with van der Waals surface area (Å²) in [5, 5.41) is 21.5. The molecular formula is C12H8NO6-. The Bertz CT molecular complexity index is 645. The van der Waals surface area contributed by atoms with Gasteiger partial charge in [0.15, 0.2) is 5.75 Å². The smallest absolute Gasteiger partial charge is 0.311 e. The van der Waals surface area contributed by atoms with Gasteiger partial charge in [0.2, 0.25) is 0 Å². The number of carbonyl (C=O) groups is 1. The van der Waals surface area contributed by atoms with E-state index in [-0.39, 0.29) is 23.0 Å². The Morgan fingerprint density at radius 1 is 1.32 bits per heavy atom. The lowest BCUT2D eigenvalue weighted by atomic mass is 10.1. The average molecular weight is 262 g/mol. The lowest BCUT2D eigenvalue weighted by molar-refractivity contribution is -0.385. The minimum atomic E-state index is -1.45. The molecule has 0 N–H and O–H groups in total. The summed E-state index contributed by atoms with van der Waals surface area (Å²) >= 11 is 0. The van der Waals surface area contributed by atoms with Gasteiger partial charge in [0.05, 0.1) is 12.0 Å². The summed E-state index contributed by atoms with van der Waals surface area (Å²) in [6.07, 6.45) is 0. The number of rotatable bonds is 4. The van der Waals surface area contributed by atoms with Gasteiger partial charge in [-0.1, -0.05) is 0 Å². The summed E-state index contributed by atoms with van der Waals surface area (Å²) in [5.41, 5.74) is 0.145. The van der Waals surface area contributed by atoms with Crippen LogP contribution in [0, 0.1) is 10.1 Å². The van der Waals surface area contributed by atoms with Gasteiger partial charge in [0.1, 0.15) is 17.5 Å². The van der Waals surface area contributed by atoms with E-state index >= 15 is 0 Å². The van der Waals surface area contributed by atoms with Crippen LogP contribution in [0.4, 0.5) is 5.69 Å². The minimum absolute atomic E-state index is 0.112. The van der Waals surface area contributed by atoms with E-state index in [1.54, 1.807) is 0 Å². The van der Waals surface area contributed by atoms with Gasteiger partial charge in [-0.25, -0.2) is 0 Å². The standard InChI is InChI=1S/C12H9NO6/c1-18-10-3-2-7(6-8(10)13(16)17)9-4-5-11(19-9)12(14)15/h2-6H,1H3,(H,14,15)/p-1. The molecule has 2 aromatic rings. The Labute approximate surface area is 107 Å². The predicted molar refractivity (Wildman–Crippen MR) is 61.7 cm³/mol. The third-order valence-electron chi connectivity index (χ3n) is 2.47. The number of ether oxygens (including phenoxy) is 1. The molecule has 0 radical (unpaired) electrons. The first-order chi connectivity index (χ1) is 9.02. The zero-order valence-electron chi connectivity index (χ0n) is 9.78. The topological polar surface area (TPSA) is 106 Å². The summed E-state index contributed by atoms with van der Waals surface area (Å²) in [7, 11) is 1.32. The van der Waals surface area contributed by atoms with Crippen LogP contribution in [0.2, 0.25) is 0 Å². The van der Waals surface area contributed by atoms with Crippen LogP contribution < -0.4 is 9.84 Å². The second kappa shape index (κ2) is 4.81. The van der Waals surface area contributed by atoms with Crippen molar-refractivity contribution in [1.29, 1.82) is 0 Å². The molecule has 0 fully saturated rings. The molecule has 7 heteroatoms. The fraction of sp³-hybridized carbons (Fsp3) is 0.0833. The van der Waals surface area contributed by atoms with Gasteiger partial charge in [0.25, 0.3) is 0 Å². The molecule has 0 amide bonds. The van der Waals surface area contributed by atoms with E-state index in [1.807, 2.05) is 0 Å². The van der Waals surface area contributed by atoms with Crippen LogP contribution in [-0.4, -0.2) is 18.0 Å². The van der Waals surface area contributed by atoms with Crippen molar-refractivity contribution in [2.75, 3.05) is 7.11 Å². The lowest BCUT2D eigenvalue weighted by Crippen LogP contribution is -2.21. The highest BCUT2D eigenvalue weighted by atomic mass is 16.6. The molecule has 0 aliphatic heterocycles. The molecule has 98 valence electrons. The Morgan fingerprint density at radius 2 is 2.05 bits per heavy atom. The quantitative estimate of drug-likeness (QED) is 0.606. The average Bonchev–Trinajstić information content (AvgIpc) is 2.87. The Kier molecular flexibility index (Phi) is 3.19. The number of hydrogen-bond donors (Lipinski definition) is 0. The predicted octanol–water partition coefficient (Wildman–Crippen LogP) is 1.23. The summed E-state index contributed by atoms with van der Waals surface area (Å²) in [6, 6.07) is 6.81. The van der Waals surface area contributed by atoms with Gasteiger partial charge < -0.3 is 19.1 Å². The molecule has 2 rings (SSSR count). The van der Waals surface area contributed by atoms with Crippen LogP contribution in [-0.2, 0) is 0 Å². The highest BCUT2D eigenvalue weighted by Crippen LogP contribution is 2.32. The number of benzene rings is 1. The SMILES string of the molecule is COc1ccc(-c2ccc(C(=O)[O-])o2)cc1[N+](=O)[O-]. The molecule has 0 unspecified atom stereocenters. The van der Waals surface area contributed by atoms with Crippen LogP contribution in [0.1, 0.15) is 10.6 Å². The number of nitrogens with zero attached hydrogens (tertiary/aromatic N) is 1. The second-order valence-corrected chi connectivity index (χ2v) is 3.60. The molecule has 1 aromatic carbocycles. The largest absolute Gasteiger partial charge is 0.542 e. The van der Waals surface area contributed by atoms with E-state index < -0.39 is 10.9 Å². The van der Waals surface area contributed by atoms with Crippen LogP contribution in [0.5, 0.6) is 5.75 Å². The van der Waals surface area contributed by atoms with Crippen molar-refractivity contribution in [3.05, 3.63) is 46.2 Å². The molecule has 0 bridgehead atoms. The number of carboxylic acids is 1. The molecule has 7 nitrogen and oxygen atoms in total. The van der Waals surface area contributed by atoms with Crippen molar-refractivity contribution >= 4 is 11.7 Å². The highest BCUT2D eigenvalue weighted by Gasteiger charge is 2.17. The fourth-order valence-corrected chi connectivity index (χ4v) is 1.59. The summed E-state index contributed by atoms with van der Waals surface area (Å²) in [5.74, 6) is -1.48. The van der Waals surface area contributed by atoms with E-state index in [1.165, 1.54) is 37.4 Å². The summed E-state index contributed by atoms with van der Waals surface area (Å²) < 4.78 is 9.88. The highest BCUT2D eigenvalue weighted by molar-refractivity contribution is 5.83. The number of carboxylic acid groups (broad SMARTS) is 1. The van der Waals surface area contributed by atoms with Crippen molar-refractivity contribution in [2.24, 2.45) is 0 Å². The third-order valence-corrected chi connectivity index (χ3v) is 2.47. The van der Waals surface area contributed by atoms with Crippen LogP contribution in [0.15, 0.2) is 34.7 Å². The Hall–Kier alpha value is -2.83. The normalized spacial score (nSPS) is 10.2. The summed E-state index contributed by atoms with van der Waals surface area (Å²) in [4.78, 5) is 20.9. The van der Waals surface area contributed by atoms with Gasteiger partial charge in [0, 0.05) is 11.6 Å². The van der Waals surface area contributed by atoms with Gasteiger partial charge in [-0.05, 0) is 24.3 Å². The van der Waals surface area contributed by atoms with Crippen LogP contribution in [0.3, 0.4) is 0 Å². The fourth-order valence-electron chi connectivity index (χ4n) is 1.59. The zero-order chi connectivity index (χ0) is 14.0. The van der Waals surface area contributed by atoms with E-state index in [9.17, 15) is 20.0 Å². The van der Waals surface area contributed by atoms with E-state index in [0.29, 0.717) is 5.56 Å². The van der Waals surface area contributed by atoms with E-state index in [2.05, 4.69) is 0 Å².